The highest BCUT2D eigenvalue weighted by molar-refractivity contribution is 6.03. The minimum atomic E-state index is -0.607. The van der Waals surface area contributed by atoms with Gasteiger partial charge in [-0.2, -0.15) is 0 Å². The number of ether oxygens (including phenoxy) is 1. The Balaban J connectivity index is 1.85. The van der Waals surface area contributed by atoms with Crippen LogP contribution in [-0.2, 0) is 16.0 Å². The fourth-order valence-corrected chi connectivity index (χ4v) is 3.69. The highest BCUT2D eigenvalue weighted by atomic mass is 16.6. The molecule has 0 aromatic heterocycles. The van der Waals surface area contributed by atoms with Gasteiger partial charge in [0.15, 0.2) is 5.60 Å². The number of esters is 1. The average molecular weight is 305 g/mol. The van der Waals surface area contributed by atoms with Crippen LogP contribution in [0.15, 0.2) is 48.5 Å². The number of nitrogens with one attached hydrogen (secondary N) is 1. The van der Waals surface area contributed by atoms with Crippen LogP contribution in [0.2, 0.25) is 0 Å². The molecule has 23 heavy (non-hydrogen) atoms. The quantitative estimate of drug-likeness (QED) is 0.861. The number of carbonyl (C=O) groups excluding carboxylic acids is 1. The van der Waals surface area contributed by atoms with Gasteiger partial charge < -0.3 is 10.1 Å². The molecule has 1 N–H and O–H groups in total. The van der Waals surface area contributed by atoms with E-state index in [1.54, 1.807) is 6.08 Å². The summed E-state index contributed by atoms with van der Waals surface area (Å²) in [6, 6.07) is 14.4. The minimum absolute atomic E-state index is 0.244. The van der Waals surface area contributed by atoms with E-state index in [1.807, 2.05) is 18.2 Å². The number of hydrogen-bond acceptors (Lipinski definition) is 3. The molecular weight excluding hydrogens is 286 g/mol. The van der Waals surface area contributed by atoms with Gasteiger partial charge in [0.05, 0.1) is 6.54 Å². The average Bonchev–Trinajstić information content (AvgIpc) is 2.87. The third-order valence-corrected chi connectivity index (χ3v) is 4.82. The molecule has 2 aliphatic rings. The second-order valence-corrected chi connectivity index (χ2v) is 6.44. The van der Waals surface area contributed by atoms with Gasteiger partial charge in [0, 0.05) is 29.3 Å². The SMILES string of the molecule is Cc1ccc(C)c2c1NCC1(Cc3ccccc3)OC(=O)C=C21. The van der Waals surface area contributed by atoms with Gasteiger partial charge in [-0.05, 0) is 30.5 Å². The fraction of sp³-hybridized carbons (Fsp3) is 0.250. The first-order valence-corrected chi connectivity index (χ1v) is 7.93. The standard InChI is InChI=1S/C20H19NO2/c1-13-8-9-14(2)19-18(13)16-10-17(22)23-20(16,12-21-19)11-15-6-4-3-5-7-15/h3-10,21H,11-12H2,1-2H3. The number of carbonyl (C=O) groups is 1. The van der Waals surface area contributed by atoms with Crippen LogP contribution in [0.25, 0.3) is 5.57 Å². The van der Waals surface area contributed by atoms with E-state index in [1.165, 1.54) is 16.7 Å². The summed E-state index contributed by atoms with van der Waals surface area (Å²) in [6.45, 7) is 4.78. The first kappa shape index (κ1) is 14.1. The van der Waals surface area contributed by atoms with Crippen LogP contribution in [0.4, 0.5) is 5.69 Å². The molecule has 1 atom stereocenters. The summed E-state index contributed by atoms with van der Waals surface area (Å²) in [5, 5.41) is 3.51. The predicted octanol–water partition coefficient (Wildman–Crippen LogP) is 3.65. The lowest BCUT2D eigenvalue weighted by molar-refractivity contribution is -0.144. The smallest absolute Gasteiger partial charge is 0.332 e. The van der Waals surface area contributed by atoms with Crippen molar-refractivity contribution in [3.63, 3.8) is 0 Å². The van der Waals surface area contributed by atoms with Gasteiger partial charge in [0.25, 0.3) is 0 Å². The van der Waals surface area contributed by atoms with Crippen molar-refractivity contribution in [1.82, 2.24) is 0 Å². The highest BCUT2D eigenvalue weighted by Gasteiger charge is 2.47. The molecule has 0 fully saturated rings. The van der Waals surface area contributed by atoms with Gasteiger partial charge in [0.2, 0.25) is 0 Å². The molecule has 0 aliphatic carbocycles. The summed E-state index contributed by atoms with van der Waals surface area (Å²) >= 11 is 0. The number of rotatable bonds is 2. The summed E-state index contributed by atoms with van der Waals surface area (Å²) in [6.07, 6.45) is 2.36. The normalized spacial score (nSPS) is 21.8. The number of anilines is 1. The maximum atomic E-state index is 12.1. The molecular formula is C20H19NO2. The maximum Gasteiger partial charge on any atom is 0.332 e. The van der Waals surface area contributed by atoms with E-state index >= 15 is 0 Å². The summed E-state index contributed by atoms with van der Waals surface area (Å²) in [5.74, 6) is -0.244. The maximum absolute atomic E-state index is 12.1. The Labute approximate surface area is 136 Å². The molecule has 3 heteroatoms. The molecule has 2 aromatic rings. The topological polar surface area (TPSA) is 38.3 Å². The van der Waals surface area contributed by atoms with Crippen molar-refractivity contribution in [3.05, 3.63) is 70.8 Å². The molecule has 2 aliphatic heterocycles. The van der Waals surface area contributed by atoms with E-state index in [0.717, 1.165) is 16.8 Å². The third-order valence-electron chi connectivity index (χ3n) is 4.82. The summed E-state index contributed by atoms with van der Waals surface area (Å²) in [4.78, 5) is 12.1. The van der Waals surface area contributed by atoms with E-state index < -0.39 is 5.60 Å². The lowest BCUT2D eigenvalue weighted by Gasteiger charge is -2.38. The van der Waals surface area contributed by atoms with Crippen molar-refractivity contribution in [1.29, 1.82) is 0 Å². The summed E-state index contributed by atoms with van der Waals surface area (Å²) < 4.78 is 5.81. The summed E-state index contributed by atoms with van der Waals surface area (Å²) in [7, 11) is 0. The van der Waals surface area contributed by atoms with Crippen molar-refractivity contribution in [2.24, 2.45) is 0 Å². The zero-order chi connectivity index (χ0) is 16.0. The first-order chi connectivity index (χ1) is 11.1. The largest absolute Gasteiger partial charge is 0.449 e. The highest BCUT2D eigenvalue weighted by Crippen LogP contribution is 2.46. The van der Waals surface area contributed by atoms with Crippen LogP contribution in [0.5, 0.6) is 0 Å². The number of hydrogen-bond donors (Lipinski definition) is 1. The molecule has 116 valence electrons. The van der Waals surface area contributed by atoms with Gasteiger partial charge in [-0.3, -0.25) is 0 Å². The molecule has 0 saturated heterocycles. The molecule has 0 amide bonds. The number of aryl methyl sites for hydroxylation is 2. The molecule has 1 unspecified atom stereocenters. The monoisotopic (exact) mass is 305 g/mol. The van der Waals surface area contributed by atoms with Gasteiger partial charge in [-0.15, -0.1) is 0 Å². The predicted molar refractivity (Wildman–Crippen MR) is 91.4 cm³/mol. The molecule has 4 rings (SSSR count). The van der Waals surface area contributed by atoms with Crippen molar-refractivity contribution in [2.45, 2.75) is 25.9 Å². The second kappa shape index (κ2) is 4.98. The van der Waals surface area contributed by atoms with E-state index in [9.17, 15) is 4.79 Å². The summed E-state index contributed by atoms with van der Waals surface area (Å²) in [5.41, 5.74) is 6.18. The van der Waals surface area contributed by atoms with Crippen molar-refractivity contribution in [3.8, 4) is 0 Å². The molecule has 3 nitrogen and oxygen atoms in total. The van der Waals surface area contributed by atoms with Crippen molar-refractivity contribution in [2.75, 3.05) is 11.9 Å². The fourth-order valence-electron chi connectivity index (χ4n) is 3.69. The Morgan fingerprint density at radius 1 is 1.09 bits per heavy atom. The Bertz CT molecular complexity index is 823. The van der Waals surface area contributed by atoms with E-state index in [4.69, 9.17) is 4.74 Å². The van der Waals surface area contributed by atoms with Gasteiger partial charge in [-0.1, -0.05) is 42.5 Å². The molecule has 2 aromatic carbocycles. The van der Waals surface area contributed by atoms with Crippen LogP contribution < -0.4 is 5.32 Å². The van der Waals surface area contributed by atoms with Gasteiger partial charge >= 0.3 is 5.97 Å². The zero-order valence-corrected chi connectivity index (χ0v) is 13.3. The van der Waals surface area contributed by atoms with Crippen LogP contribution in [0.3, 0.4) is 0 Å². The minimum Gasteiger partial charge on any atom is -0.449 e. The van der Waals surface area contributed by atoms with E-state index in [-0.39, 0.29) is 5.97 Å². The Hall–Kier alpha value is -2.55. The zero-order valence-electron chi connectivity index (χ0n) is 13.3. The molecule has 2 heterocycles. The Morgan fingerprint density at radius 3 is 2.61 bits per heavy atom. The first-order valence-electron chi connectivity index (χ1n) is 7.93. The van der Waals surface area contributed by atoms with Crippen molar-refractivity contribution < 1.29 is 9.53 Å². The molecule has 0 bridgehead atoms. The lowest BCUT2D eigenvalue weighted by Crippen LogP contribution is -2.44. The molecule has 0 spiro atoms. The van der Waals surface area contributed by atoms with Crippen molar-refractivity contribution >= 4 is 17.2 Å². The van der Waals surface area contributed by atoms with Gasteiger partial charge in [-0.25, -0.2) is 4.79 Å². The van der Waals surface area contributed by atoms with E-state index in [0.29, 0.717) is 13.0 Å². The van der Waals surface area contributed by atoms with E-state index in [2.05, 4.69) is 43.4 Å². The number of fused-ring (bicyclic) bond motifs is 3. The third kappa shape index (κ3) is 2.15. The van der Waals surface area contributed by atoms with Crippen LogP contribution >= 0.6 is 0 Å². The number of benzene rings is 2. The second-order valence-electron chi connectivity index (χ2n) is 6.44. The Kier molecular flexibility index (Phi) is 3.05. The molecule has 0 saturated carbocycles. The Morgan fingerprint density at radius 2 is 1.83 bits per heavy atom. The van der Waals surface area contributed by atoms with Gasteiger partial charge in [0.1, 0.15) is 0 Å². The lowest BCUT2D eigenvalue weighted by atomic mass is 9.78. The molecule has 0 radical (unpaired) electrons. The van der Waals surface area contributed by atoms with Crippen LogP contribution in [0.1, 0.15) is 22.3 Å². The van der Waals surface area contributed by atoms with Crippen LogP contribution in [0, 0.1) is 13.8 Å². The van der Waals surface area contributed by atoms with Crippen LogP contribution in [-0.4, -0.2) is 18.1 Å².